The van der Waals surface area contributed by atoms with Crippen molar-refractivity contribution in [1.29, 1.82) is 0 Å². The Kier molecular flexibility index (Phi) is 4.23. The van der Waals surface area contributed by atoms with Gasteiger partial charge in [-0.25, -0.2) is 0 Å². The Balaban J connectivity index is 3.17. The van der Waals surface area contributed by atoms with E-state index in [4.69, 9.17) is 21.4 Å². The molecule has 0 amide bonds. The molecule has 0 saturated carbocycles. The summed E-state index contributed by atoms with van der Waals surface area (Å²) < 4.78 is 4.71. The van der Waals surface area contributed by atoms with Crippen LogP contribution in [0.4, 0.5) is 0 Å². The molecule has 0 aromatic rings. The number of halogens is 1. The van der Waals surface area contributed by atoms with E-state index in [1.54, 1.807) is 6.92 Å². The van der Waals surface area contributed by atoms with Crippen LogP contribution in [-0.4, -0.2) is 23.4 Å². The molecular formula is C5H10ClO2. The van der Waals surface area contributed by atoms with Gasteiger partial charge in [-0.05, 0) is 13.8 Å². The summed E-state index contributed by atoms with van der Waals surface area (Å²) in [6, 6.07) is 0. The van der Waals surface area contributed by atoms with Gasteiger partial charge in [0.05, 0.1) is 6.10 Å². The van der Waals surface area contributed by atoms with E-state index >= 15 is 0 Å². The number of hydrogen-bond donors (Lipinski definition) is 1. The molecule has 0 bridgehead atoms. The fourth-order valence-corrected chi connectivity index (χ4v) is 0.341. The second-order valence-corrected chi connectivity index (χ2v) is 1.89. The topological polar surface area (TPSA) is 29.5 Å². The van der Waals surface area contributed by atoms with E-state index in [9.17, 15) is 0 Å². The molecule has 0 rings (SSSR count). The molecule has 0 aliphatic carbocycles. The molecule has 3 heteroatoms. The molecule has 0 heterocycles. The van der Waals surface area contributed by atoms with Crippen molar-refractivity contribution in [2.24, 2.45) is 0 Å². The van der Waals surface area contributed by atoms with Crippen molar-refractivity contribution in [3.05, 3.63) is 6.92 Å². The molecule has 0 spiro atoms. The molecule has 0 aromatic carbocycles. The Bertz CT molecular complexity index is 56.4. The average Bonchev–Trinajstić information content (AvgIpc) is 1.67. The molecule has 0 fully saturated rings. The monoisotopic (exact) mass is 137 g/mol. The first kappa shape index (κ1) is 8.21. The number of aliphatic hydroxyl groups excluding tert-OH is 1. The van der Waals surface area contributed by atoms with Gasteiger partial charge in [0.15, 0.2) is 5.56 Å². The maximum Gasteiger partial charge on any atom is 0.156 e. The molecule has 0 aliphatic rings. The molecule has 0 saturated heterocycles. The Labute approximate surface area is 54.4 Å². The Hall–Kier alpha value is 0.210. The van der Waals surface area contributed by atoms with Gasteiger partial charge in [-0.3, -0.25) is 0 Å². The van der Waals surface area contributed by atoms with Crippen molar-refractivity contribution in [3.63, 3.8) is 0 Å². The molecule has 8 heavy (non-hydrogen) atoms. The zero-order valence-electron chi connectivity index (χ0n) is 4.80. The standard InChI is InChI=1S/C5H10ClO2/c1-3-8-5(6)4(2)7/h4-5,7H,1,3H2,2H3. The van der Waals surface area contributed by atoms with Crippen LogP contribution in [0.2, 0.25) is 0 Å². The number of aliphatic hydroxyl groups is 1. The van der Waals surface area contributed by atoms with Crippen molar-refractivity contribution < 1.29 is 9.84 Å². The molecule has 49 valence electrons. The number of rotatable bonds is 3. The largest absolute Gasteiger partial charge is 0.389 e. The van der Waals surface area contributed by atoms with Gasteiger partial charge >= 0.3 is 0 Å². The number of ether oxygens (including phenoxy) is 1. The van der Waals surface area contributed by atoms with E-state index in [0.717, 1.165) is 0 Å². The van der Waals surface area contributed by atoms with E-state index in [1.807, 2.05) is 0 Å². The molecule has 1 N–H and O–H groups in total. The SMILES string of the molecule is [CH2]COC(Cl)C(C)O. The lowest BCUT2D eigenvalue weighted by atomic mass is 10.4. The van der Waals surface area contributed by atoms with Crippen LogP contribution in [-0.2, 0) is 4.74 Å². The van der Waals surface area contributed by atoms with Crippen LogP contribution in [0.5, 0.6) is 0 Å². The first-order chi connectivity index (χ1) is 3.68. The minimum absolute atomic E-state index is 0.291. The van der Waals surface area contributed by atoms with Gasteiger partial charge in [-0.1, -0.05) is 11.6 Å². The van der Waals surface area contributed by atoms with Gasteiger partial charge in [0, 0.05) is 6.61 Å². The van der Waals surface area contributed by atoms with Crippen LogP contribution in [0.25, 0.3) is 0 Å². The summed E-state index contributed by atoms with van der Waals surface area (Å²) in [7, 11) is 0. The third-order valence-electron chi connectivity index (χ3n) is 0.656. The Morgan fingerprint density at radius 1 is 1.88 bits per heavy atom. The summed E-state index contributed by atoms with van der Waals surface area (Å²) in [5.74, 6) is 0. The van der Waals surface area contributed by atoms with Crippen molar-refractivity contribution in [1.82, 2.24) is 0 Å². The van der Waals surface area contributed by atoms with Crippen LogP contribution in [0.1, 0.15) is 6.92 Å². The smallest absolute Gasteiger partial charge is 0.156 e. The summed E-state index contributed by atoms with van der Waals surface area (Å²) in [4.78, 5) is 0. The van der Waals surface area contributed by atoms with Gasteiger partial charge in [0.1, 0.15) is 0 Å². The second-order valence-electron chi connectivity index (χ2n) is 1.46. The fourth-order valence-electron chi connectivity index (χ4n) is 0.252. The van der Waals surface area contributed by atoms with Crippen LogP contribution in [0, 0.1) is 6.92 Å². The van der Waals surface area contributed by atoms with Crippen molar-refractivity contribution in [3.8, 4) is 0 Å². The minimum Gasteiger partial charge on any atom is -0.389 e. The lowest BCUT2D eigenvalue weighted by Crippen LogP contribution is -2.19. The van der Waals surface area contributed by atoms with Gasteiger partial charge in [0.2, 0.25) is 0 Å². The Morgan fingerprint density at radius 2 is 2.38 bits per heavy atom. The van der Waals surface area contributed by atoms with Crippen molar-refractivity contribution in [2.75, 3.05) is 6.61 Å². The highest BCUT2D eigenvalue weighted by Crippen LogP contribution is 2.02. The van der Waals surface area contributed by atoms with E-state index in [1.165, 1.54) is 0 Å². The molecule has 0 aliphatic heterocycles. The van der Waals surface area contributed by atoms with E-state index < -0.39 is 11.7 Å². The zero-order chi connectivity index (χ0) is 6.57. The van der Waals surface area contributed by atoms with E-state index in [0.29, 0.717) is 6.61 Å². The first-order valence-electron chi connectivity index (χ1n) is 2.41. The Morgan fingerprint density at radius 3 is 2.50 bits per heavy atom. The predicted octanol–water partition coefficient (Wildman–Crippen LogP) is 0.783. The summed E-state index contributed by atoms with van der Waals surface area (Å²) in [6.45, 7) is 5.24. The molecule has 2 nitrogen and oxygen atoms in total. The van der Waals surface area contributed by atoms with Gasteiger partial charge in [-0.2, -0.15) is 0 Å². The van der Waals surface area contributed by atoms with Gasteiger partial charge in [-0.15, -0.1) is 0 Å². The molecule has 0 aromatic heterocycles. The molecule has 1 radical (unpaired) electrons. The second kappa shape index (κ2) is 4.13. The lowest BCUT2D eigenvalue weighted by Gasteiger charge is -2.10. The van der Waals surface area contributed by atoms with Crippen LogP contribution >= 0.6 is 11.6 Å². The zero-order valence-corrected chi connectivity index (χ0v) is 5.56. The highest BCUT2D eigenvalue weighted by molar-refractivity contribution is 6.20. The van der Waals surface area contributed by atoms with Crippen LogP contribution in [0.3, 0.4) is 0 Å². The lowest BCUT2D eigenvalue weighted by molar-refractivity contribution is 0.0312. The van der Waals surface area contributed by atoms with Crippen LogP contribution in [0.15, 0.2) is 0 Å². The third kappa shape index (κ3) is 3.24. The van der Waals surface area contributed by atoms with Gasteiger partial charge in [0.25, 0.3) is 0 Å². The average molecular weight is 138 g/mol. The van der Waals surface area contributed by atoms with Gasteiger partial charge < -0.3 is 9.84 Å². The summed E-state index contributed by atoms with van der Waals surface area (Å²) in [5, 5.41) is 8.67. The highest BCUT2D eigenvalue weighted by atomic mass is 35.5. The normalized spacial score (nSPS) is 18.0. The molecule has 2 atom stereocenters. The van der Waals surface area contributed by atoms with E-state index in [-0.39, 0.29) is 0 Å². The highest BCUT2D eigenvalue weighted by Gasteiger charge is 2.08. The van der Waals surface area contributed by atoms with E-state index in [2.05, 4.69) is 6.92 Å². The van der Waals surface area contributed by atoms with Crippen molar-refractivity contribution in [2.45, 2.75) is 18.6 Å². The fraction of sp³-hybridized carbons (Fsp3) is 0.800. The summed E-state index contributed by atoms with van der Waals surface area (Å²) >= 11 is 5.40. The number of hydrogen-bond acceptors (Lipinski definition) is 2. The quantitative estimate of drug-likeness (QED) is 0.583. The first-order valence-corrected chi connectivity index (χ1v) is 2.85. The maximum absolute atomic E-state index is 8.67. The third-order valence-corrected chi connectivity index (χ3v) is 1.15. The molecular weight excluding hydrogens is 128 g/mol. The predicted molar refractivity (Wildman–Crippen MR) is 32.6 cm³/mol. The minimum atomic E-state index is -0.626. The van der Waals surface area contributed by atoms with Crippen LogP contribution < -0.4 is 0 Å². The number of alkyl halides is 1. The summed E-state index contributed by atoms with van der Waals surface area (Å²) in [6.07, 6.45) is -0.626. The maximum atomic E-state index is 8.67. The van der Waals surface area contributed by atoms with Crippen molar-refractivity contribution >= 4 is 11.6 Å². The summed E-state index contributed by atoms with van der Waals surface area (Å²) in [5.41, 5.74) is -0.618. The molecule has 2 unspecified atom stereocenters.